The molecular formula is C22H22ClN5O3. The second-order valence-corrected chi connectivity index (χ2v) is 7.74. The number of allylic oxidation sites excluding steroid dienone is 2. The van der Waals surface area contributed by atoms with E-state index in [1.165, 1.54) is 11.1 Å². The molecule has 1 fully saturated rings. The Balaban J connectivity index is 1.40. The molecule has 2 atom stereocenters. The van der Waals surface area contributed by atoms with E-state index < -0.39 is 18.2 Å². The van der Waals surface area contributed by atoms with Crippen LogP contribution in [0.3, 0.4) is 0 Å². The third-order valence-corrected chi connectivity index (χ3v) is 5.31. The topological polar surface area (TPSA) is 97.8 Å². The van der Waals surface area contributed by atoms with Gasteiger partial charge in [-0.15, -0.1) is 0 Å². The zero-order valence-corrected chi connectivity index (χ0v) is 17.4. The number of halogens is 1. The quantitative estimate of drug-likeness (QED) is 0.679. The van der Waals surface area contributed by atoms with E-state index in [1.807, 2.05) is 42.6 Å². The van der Waals surface area contributed by atoms with Gasteiger partial charge in [0.05, 0.1) is 11.1 Å². The van der Waals surface area contributed by atoms with Crippen molar-refractivity contribution in [3.63, 3.8) is 0 Å². The van der Waals surface area contributed by atoms with E-state index in [2.05, 4.69) is 26.6 Å². The first-order chi connectivity index (χ1) is 15.0. The molecule has 2 aromatic rings. The Bertz CT molecular complexity index is 1010. The maximum atomic E-state index is 12.9. The monoisotopic (exact) mass is 439 g/mol. The van der Waals surface area contributed by atoms with E-state index in [1.54, 1.807) is 12.1 Å². The molecular weight excluding hydrogens is 418 g/mol. The zero-order chi connectivity index (χ0) is 21.8. The number of rotatable bonds is 4. The number of aliphatic hydroxyl groups is 1. The maximum absolute atomic E-state index is 12.9. The normalized spacial score (nSPS) is 20.1. The summed E-state index contributed by atoms with van der Waals surface area (Å²) in [6.07, 6.45) is 8.80. The van der Waals surface area contributed by atoms with Crippen LogP contribution in [0.5, 0.6) is 0 Å². The summed E-state index contributed by atoms with van der Waals surface area (Å²) in [5.41, 5.74) is 1.62. The van der Waals surface area contributed by atoms with E-state index in [-0.39, 0.29) is 18.9 Å². The largest absolute Gasteiger partial charge is 0.391 e. The molecule has 0 spiro atoms. The molecule has 0 saturated carbocycles. The molecule has 0 bridgehead atoms. The van der Waals surface area contributed by atoms with Gasteiger partial charge in [-0.3, -0.25) is 10.1 Å². The molecule has 0 aliphatic carbocycles. The second kappa shape index (κ2) is 9.20. The van der Waals surface area contributed by atoms with Crippen LogP contribution in [0.15, 0.2) is 67.0 Å². The molecule has 1 aromatic heterocycles. The summed E-state index contributed by atoms with van der Waals surface area (Å²) < 4.78 is 0. The molecule has 3 N–H and O–H groups in total. The summed E-state index contributed by atoms with van der Waals surface area (Å²) in [5, 5.41) is 16.0. The summed E-state index contributed by atoms with van der Waals surface area (Å²) >= 11 is 5.81. The number of amides is 3. The van der Waals surface area contributed by atoms with Crippen LogP contribution in [-0.4, -0.2) is 52.2 Å². The lowest BCUT2D eigenvalue weighted by molar-refractivity contribution is -0.119. The number of carbonyl (C=O) groups is 2. The lowest BCUT2D eigenvalue weighted by Gasteiger charge is -2.24. The molecule has 3 heterocycles. The number of aliphatic hydroxyl groups excluding tert-OH is 1. The number of pyridine rings is 1. The number of nitrogens with one attached hydrogen (secondary N) is 2. The van der Waals surface area contributed by atoms with Gasteiger partial charge in [-0.05, 0) is 42.5 Å². The fraction of sp³-hybridized carbons (Fsp3) is 0.227. The molecule has 3 amide bonds. The van der Waals surface area contributed by atoms with E-state index in [9.17, 15) is 14.7 Å². The van der Waals surface area contributed by atoms with Crippen LogP contribution in [0.1, 0.15) is 6.42 Å². The number of benzene rings is 1. The van der Waals surface area contributed by atoms with Crippen molar-refractivity contribution in [1.82, 2.24) is 9.88 Å². The van der Waals surface area contributed by atoms with E-state index >= 15 is 0 Å². The number of nitrogens with zero attached hydrogens (tertiary/aromatic N) is 3. The minimum atomic E-state index is -0.794. The molecule has 0 unspecified atom stereocenters. The average molecular weight is 440 g/mol. The molecule has 160 valence electrons. The lowest BCUT2D eigenvalue weighted by atomic mass is 10.1. The molecule has 1 aromatic carbocycles. The summed E-state index contributed by atoms with van der Waals surface area (Å²) in [6.45, 7) is 0.847. The van der Waals surface area contributed by atoms with Gasteiger partial charge in [0.2, 0.25) is 5.91 Å². The number of hydrogen-bond donors (Lipinski definition) is 3. The van der Waals surface area contributed by atoms with Gasteiger partial charge in [0.1, 0.15) is 11.9 Å². The first kappa shape index (κ1) is 20.9. The predicted octanol–water partition coefficient (Wildman–Crippen LogP) is 3.23. The van der Waals surface area contributed by atoms with Gasteiger partial charge in [0, 0.05) is 43.3 Å². The molecule has 2 aliphatic rings. The van der Waals surface area contributed by atoms with Crippen LogP contribution in [0.2, 0.25) is 5.02 Å². The van der Waals surface area contributed by atoms with Crippen LogP contribution >= 0.6 is 11.6 Å². The summed E-state index contributed by atoms with van der Waals surface area (Å²) in [7, 11) is 0. The van der Waals surface area contributed by atoms with Crippen LogP contribution in [0, 0.1) is 0 Å². The Kier molecular flexibility index (Phi) is 6.20. The summed E-state index contributed by atoms with van der Waals surface area (Å²) in [6, 6.07) is 9.32. The standard InChI is InChI=1S/C22H22ClN5O3/c23-15-4-9-20(24-13-15)26-22(31)28-14-18(29)12-19(28)21(30)25-16-5-7-17(8-6-16)27-10-2-1-3-11-27/h1-10,13,18-19,29H,11-12,14H2,(H,25,30)(H,24,26,31)/t18-,19-/m1/s1. The third-order valence-electron chi connectivity index (χ3n) is 5.09. The molecule has 31 heavy (non-hydrogen) atoms. The number of hydrogen-bond acceptors (Lipinski definition) is 5. The van der Waals surface area contributed by atoms with Gasteiger partial charge in [0.15, 0.2) is 0 Å². The van der Waals surface area contributed by atoms with Crippen molar-refractivity contribution in [1.29, 1.82) is 0 Å². The highest BCUT2D eigenvalue weighted by Crippen LogP contribution is 2.23. The Morgan fingerprint density at radius 2 is 1.90 bits per heavy atom. The Morgan fingerprint density at radius 1 is 1.10 bits per heavy atom. The highest BCUT2D eigenvalue weighted by Gasteiger charge is 2.39. The average Bonchev–Trinajstić information content (AvgIpc) is 3.18. The highest BCUT2D eigenvalue weighted by atomic mass is 35.5. The smallest absolute Gasteiger partial charge is 0.323 e. The minimum absolute atomic E-state index is 0.0608. The van der Waals surface area contributed by atoms with Crippen LogP contribution in [-0.2, 0) is 4.79 Å². The molecule has 2 aliphatic heterocycles. The number of carbonyl (C=O) groups excluding carboxylic acids is 2. The fourth-order valence-electron chi connectivity index (χ4n) is 3.54. The summed E-state index contributed by atoms with van der Waals surface area (Å²) in [5.74, 6) is -0.0449. The third kappa shape index (κ3) is 5.04. The maximum Gasteiger partial charge on any atom is 0.323 e. The van der Waals surface area contributed by atoms with Gasteiger partial charge < -0.3 is 20.2 Å². The molecule has 4 rings (SSSR count). The summed E-state index contributed by atoms with van der Waals surface area (Å²) in [4.78, 5) is 32.9. The Hall–Kier alpha value is -3.36. The van der Waals surface area contributed by atoms with Gasteiger partial charge in [0.25, 0.3) is 0 Å². The first-order valence-corrected chi connectivity index (χ1v) is 10.3. The minimum Gasteiger partial charge on any atom is -0.391 e. The first-order valence-electron chi connectivity index (χ1n) is 9.88. The van der Waals surface area contributed by atoms with Gasteiger partial charge in [-0.25, -0.2) is 9.78 Å². The number of likely N-dealkylation sites (tertiary alicyclic amines) is 1. The van der Waals surface area contributed by atoms with Crippen molar-refractivity contribution in [2.45, 2.75) is 18.6 Å². The van der Waals surface area contributed by atoms with Crippen molar-refractivity contribution in [2.75, 3.05) is 28.6 Å². The van der Waals surface area contributed by atoms with Gasteiger partial charge in [-0.1, -0.05) is 23.8 Å². The van der Waals surface area contributed by atoms with Crippen molar-refractivity contribution >= 4 is 40.7 Å². The van der Waals surface area contributed by atoms with Crippen molar-refractivity contribution < 1.29 is 14.7 Å². The van der Waals surface area contributed by atoms with Crippen molar-refractivity contribution in [2.24, 2.45) is 0 Å². The van der Waals surface area contributed by atoms with E-state index in [0.717, 1.165) is 12.2 Å². The van der Waals surface area contributed by atoms with Crippen LogP contribution in [0.25, 0.3) is 0 Å². The van der Waals surface area contributed by atoms with Crippen LogP contribution < -0.4 is 15.5 Å². The number of urea groups is 1. The SMILES string of the molecule is O=C(Nc1ccc(N2C=CC=CC2)cc1)[C@H]1C[C@@H](O)CN1C(=O)Nc1ccc(Cl)cn1. The highest BCUT2D eigenvalue weighted by molar-refractivity contribution is 6.30. The number of aromatic nitrogens is 1. The number of β-amino-alcohol motifs (C(OH)–C–C–N with tert-alkyl or cyclic N) is 1. The molecule has 0 radical (unpaired) electrons. The predicted molar refractivity (Wildman–Crippen MR) is 120 cm³/mol. The Morgan fingerprint density at radius 3 is 2.58 bits per heavy atom. The van der Waals surface area contributed by atoms with Gasteiger partial charge >= 0.3 is 6.03 Å². The zero-order valence-electron chi connectivity index (χ0n) is 16.6. The van der Waals surface area contributed by atoms with Crippen molar-refractivity contribution in [3.8, 4) is 0 Å². The number of anilines is 3. The van der Waals surface area contributed by atoms with E-state index in [0.29, 0.717) is 16.5 Å². The Labute approximate surface area is 184 Å². The fourth-order valence-corrected chi connectivity index (χ4v) is 3.65. The second-order valence-electron chi connectivity index (χ2n) is 7.31. The van der Waals surface area contributed by atoms with Crippen molar-refractivity contribution in [3.05, 3.63) is 72.0 Å². The molecule has 9 heteroatoms. The molecule has 8 nitrogen and oxygen atoms in total. The van der Waals surface area contributed by atoms with Crippen LogP contribution in [0.4, 0.5) is 22.0 Å². The van der Waals surface area contributed by atoms with Gasteiger partial charge in [-0.2, -0.15) is 0 Å². The lowest BCUT2D eigenvalue weighted by Crippen LogP contribution is -2.45. The molecule has 1 saturated heterocycles. The van der Waals surface area contributed by atoms with E-state index in [4.69, 9.17) is 11.6 Å².